The van der Waals surface area contributed by atoms with E-state index >= 15 is 0 Å². The quantitative estimate of drug-likeness (QED) is 0.711. The van der Waals surface area contributed by atoms with E-state index in [1.54, 1.807) is 0 Å². The average Bonchev–Trinajstić information content (AvgIpc) is 2.57. The predicted octanol–water partition coefficient (Wildman–Crippen LogP) is 0.449. The number of fused-ring (bicyclic) bond motifs is 1. The van der Waals surface area contributed by atoms with Gasteiger partial charge in [0.25, 0.3) is 0 Å². The summed E-state index contributed by atoms with van der Waals surface area (Å²) in [7, 11) is 0. The second-order valence-corrected chi connectivity index (χ2v) is 5.11. The molecule has 0 radical (unpaired) electrons. The van der Waals surface area contributed by atoms with Crippen LogP contribution >= 0.6 is 11.8 Å². The average molecular weight is 229 g/mol. The van der Waals surface area contributed by atoms with Gasteiger partial charge in [0.2, 0.25) is 0 Å². The Bertz CT molecular complexity index is 237. The van der Waals surface area contributed by atoms with Gasteiger partial charge in [-0.05, 0) is 18.4 Å². The first-order chi connectivity index (χ1) is 7.33. The van der Waals surface area contributed by atoms with Crippen LogP contribution in [0.15, 0.2) is 0 Å². The predicted molar refractivity (Wildman–Crippen MR) is 63.3 cm³/mol. The molecule has 2 heterocycles. The lowest BCUT2D eigenvalue weighted by molar-refractivity contribution is 0.179. The molecule has 2 aliphatic rings. The fourth-order valence-corrected chi connectivity index (χ4v) is 2.69. The number of thioether (sulfide) groups is 1. The Labute approximate surface area is 95.4 Å². The smallest absolute Gasteiger partial charge is 0.320 e. The number of hydrogen-bond acceptors (Lipinski definition) is 3. The van der Waals surface area contributed by atoms with Crippen LogP contribution in [0.25, 0.3) is 0 Å². The van der Waals surface area contributed by atoms with Crippen LogP contribution in [0.2, 0.25) is 0 Å². The number of rotatable bonds is 4. The summed E-state index contributed by atoms with van der Waals surface area (Å²) in [6.45, 7) is 4.63. The summed E-state index contributed by atoms with van der Waals surface area (Å²) in [5.74, 6) is 1.15. The molecule has 15 heavy (non-hydrogen) atoms. The molecule has 2 fully saturated rings. The number of urea groups is 1. The molecule has 2 rings (SSSR count). The fourth-order valence-electron chi connectivity index (χ4n) is 2.28. The Kier molecular flexibility index (Phi) is 3.75. The molecule has 0 saturated carbocycles. The highest BCUT2D eigenvalue weighted by Crippen LogP contribution is 2.17. The zero-order valence-corrected chi connectivity index (χ0v) is 10.1. The van der Waals surface area contributed by atoms with Crippen molar-refractivity contribution in [1.29, 1.82) is 0 Å². The minimum absolute atomic E-state index is 0.252. The Hall–Kier alpha value is -0.420. The zero-order valence-electron chi connectivity index (χ0n) is 9.24. The summed E-state index contributed by atoms with van der Waals surface area (Å²) < 4.78 is 0. The van der Waals surface area contributed by atoms with Gasteiger partial charge in [0.05, 0.1) is 6.04 Å². The van der Waals surface area contributed by atoms with Crippen LogP contribution in [0.1, 0.15) is 6.42 Å². The van der Waals surface area contributed by atoms with E-state index in [-0.39, 0.29) is 6.03 Å². The Morgan fingerprint density at radius 3 is 3.20 bits per heavy atom. The van der Waals surface area contributed by atoms with Gasteiger partial charge < -0.3 is 15.1 Å². The Morgan fingerprint density at radius 1 is 1.60 bits per heavy atom. The van der Waals surface area contributed by atoms with E-state index in [4.69, 9.17) is 0 Å². The summed E-state index contributed by atoms with van der Waals surface area (Å²) in [5.41, 5.74) is 0. The van der Waals surface area contributed by atoms with Crippen LogP contribution in [-0.4, -0.2) is 66.6 Å². The van der Waals surface area contributed by atoms with Gasteiger partial charge in [-0.2, -0.15) is 11.8 Å². The van der Waals surface area contributed by atoms with Crippen molar-refractivity contribution in [3.8, 4) is 0 Å². The third-order valence-electron chi connectivity index (χ3n) is 3.07. The van der Waals surface area contributed by atoms with Crippen LogP contribution in [0.5, 0.6) is 0 Å². The number of hydrogen-bond donors (Lipinski definition) is 1. The van der Waals surface area contributed by atoms with Crippen molar-refractivity contribution >= 4 is 17.8 Å². The van der Waals surface area contributed by atoms with Gasteiger partial charge in [-0.25, -0.2) is 4.79 Å². The largest absolute Gasteiger partial charge is 0.322 e. The molecule has 0 aliphatic carbocycles. The van der Waals surface area contributed by atoms with Gasteiger partial charge in [0, 0.05) is 32.7 Å². The van der Waals surface area contributed by atoms with E-state index in [2.05, 4.69) is 11.6 Å². The molecule has 0 aromatic carbocycles. The van der Waals surface area contributed by atoms with E-state index in [0.29, 0.717) is 6.04 Å². The SMILES string of the molecule is CSCCCN1CC2CNCCN2C1=O. The van der Waals surface area contributed by atoms with Crippen LogP contribution < -0.4 is 5.32 Å². The summed E-state index contributed by atoms with van der Waals surface area (Å²) in [5, 5.41) is 3.34. The third kappa shape index (κ3) is 2.39. The standard InChI is InChI=1S/C10H19N3OS/c1-15-6-2-4-12-8-9-7-11-3-5-13(9)10(12)14/h9,11H,2-8H2,1H3. The Morgan fingerprint density at radius 2 is 2.47 bits per heavy atom. The molecule has 0 spiro atoms. The first-order valence-electron chi connectivity index (χ1n) is 5.58. The topological polar surface area (TPSA) is 35.6 Å². The number of nitrogens with zero attached hydrogens (tertiary/aromatic N) is 2. The van der Waals surface area contributed by atoms with Gasteiger partial charge in [0.15, 0.2) is 0 Å². The summed E-state index contributed by atoms with van der Waals surface area (Å²) in [6.07, 6.45) is 3.22. The molecule has 0 aromatic heterocycles. The lowest BCUT2D eigenvalue weighted by Gasteiger charge is -2.28. The van der Waals surface area contributed by atoms with Gasteiger partial charge in [-0.3, -0.25) is 0 Å². The van der Waals surface area contributed by atoms with Crippen molar-refractivity contribution in [1.82, 2.24) is 15.1 Å². The summed E-state index contributed by atoms with van der Waals surface area (Å²) in [6, 6.07) is 0.670. The van der Waals surface area contributed by atoms with E-state index in [1.807, 2.05) is 21.6 Å². The fraction of sp³-hybridized carbons (Fsp3) is 0.900. The molecule has 5 heteroatoms. The number of piperazine rings is 1. The normalized spacial score (nSPS) is 25.9. The molecular weight excluding hydrogens is 210 g/mol. The van der Waals surface area contributed by atoms with Crippen LogP contribution in [-0.2, 0) is 0 Å². The lowest BCUT2D eigenvalue weighted by atomic mass is 10.2. The maximum atomic E-state index is 12.0. The van der Waals surface area contributed by atoms with Crippen molar-refractivity contribution in [3.05, 3.63) is 0 Å². The molecule has 2 amide bonds. The molecule has 0 aromatic rings. The number of amides is 2. The first kappa shape index (κ1) is 11.1. The summed E-state index contributed by atoms with van der Waals surface area (Å²) >= 11 is 1.85. The maximum absolute atomic E-state index is 12.0. The van der Waals surface area contributed by atoms with Crippen molar-refractivity contribution in [2.24, 2.45) is 0 Å². The van der Waals surface area contributed by atoms with Crippen molar-refractivity contribution < 1.29 is 4.79 Å². The number of nitrogens with one attached hydrogen (secondary N) is 1. The highest BCUT2D eigenvalue weighted by atomic mass is 32.2. The number of carbonyl (C=O) groups is 1. The highest BCUT2D eigenvalue weighted by molar-refractivity contribution is 7.98. The zero-order chi connectivity index (χ0) is 10.7. The minimum Gasteiger partial charge on any atom is -0.322 e. The second kappa shape index (κ2) is 5.07. The molecule has 1 N–H and O–H groups in total. The van der Waals surface area contributed by atoms with E-state index in [1.165, 1.54) is 0 Å². The van der Waals surface area contributed by atoms with Crippen molar-refractivity contribution in [3.63, 3.8) is 0 Å². The van der Waals surface area contributed by atoms with Crippen molar-refractivity contribution in [2.75, 3.05) is 44.7 Å². The maximum Gasteiger partial charge on any atom is 0.320 e. The van der Waals surface area contributed by atoms with Crippen LogP contribution in [0.4, 0.5) is 4.79 Å². The van der Waals surface area contributed by atoms with E-state index in [9.17, 15) is 4.79 Å². The first-order valence-corrected chi connectivity index (χ1v) is 6.97. The van der Waals surface area contributed by atoms with Gasteiger partial charge in [-0.15, -0.1) is 0 Å². The van der Waals surface area contributed by atoms with Crippen LogP contribution in [0, 0.1) is 0 Å². The van der Waals surface area contributed by atoms with Gasteiger partial charge in [0.1, 0.15) is 0 Å². The second-order valence-electron chi connectivity index (χ2n) is 4.13. The molecule has 0 bridgehead atoms. The molecule has 86 valence electrons. The molecule has 1 unspecified atom stereocenters. The lowest BCUT2D eigenvalue weighted by Crippen LogP contribution is -2.49. The summed E-state index contributed by atoms with van der Waals surface area (Å²) in [4.78, 5) is 16.0. The number of carbonyl (C=O) groups excluding carboxylic acids is 1. The van der Waals surface area contributed by atoms with Gasteiger partial charge in [-0.1, -0.05) is 0 Å². The molecule has 2 saturated heterocycles. The van der Waals surface area contributed by atoms with Crippen LogP contribution in [0.3, 0.4) is 0 Å². The third-order valence-corrected chi connectivity index (χ3v) is 3.77. The van der Waals surface area contributed by atoms with E-state index < -0.39 is 0 Å². The minimum atomic E-state index is 0.252. The van der Waals surface area contributed by atoms with Gasteiger partial charge >= 0.3 is 6.03 Å². The molecular formula is C10H19N3OS. The Balaban J connectivity index is 1.84. The molecule has 2 aliphatic heterocycles. The van der Waals surface area contributed by atoms with E-state index in [0.717, 1.165) is 44.9 Å². The molecule has 4 nitrogen and oxygen atoms in total. The van der Waals surface area contributed by atoms with Crippen molar-refractivity contribution in [2.45, 2.75) is 12.5 Å². The highest BCUT2D eigenvalue weighted by Gasteiger charge is 2.37. The molecule has 1 atom stereocenters. The monoisotopic (exact) mass is 229 g/mol.